The summed E-state index contributed by atoms with van der Waals surface area (Å²) in [4.78, 5) is 29.8. The molecule has 292 valence electrons. The smallest absolute Gasteiger partial charge is 0.274 e. The third kappa shape index (κ3) is 8.90. The van der Waals surface area contributed by atoms with Crippen molar-refractivity contribution in [2.75, 3.05) is 26.2 Å². The van der Waals surface area contributed by atoms with E-state index in [1.54, 1.807) is 38.5 Å². The van der Waals surface area contributed by atoms with Crippen LogP contribution in [-0.2, 0) is 0 Å². The molecule has 2 aromatic heterocycles. The minimum atomic E-state index is -0.0964. The highest BCUT2D eigenvalue weighted by Crippen LogP contribution is 2.28. The predicted octanol–water partition coefficient (Wildman–Crippen LogP) is 6.57. The Bertz CT molecular complexity index is 2460. The lowest BCUT2D eigenvalue weighted by molar-refractivity contribution is 0.0697. The Morgan fingerprint density at radius 3 is 1.43 bits per heavy atom. The molecule has 12 heteroatoms. The molecule has 2 saturated heterocycles. The van der Waals surface area contributed by atoms with Gasteiger partial charge in [-0.25, -0.2) is 9.36 Å². The molecule has 2 aliphatic heterocycles. The number of carbonyl (C=O) groups is 2. The number of hydrogen-bond acceptors (Lipinski definition) is 8. The second-order valence-corrected chi connectivity index (χ2v) is 15.0. The first kappa shape index (κ1) is 39.4. The molecule has 0 spiro atoms. The standard InChI is InChI=1S/2C23H23N5O/c1-16-2-6-18(7-3-16)22-14-21(23(29)27-12-10-19(25)11-13-27)26-28(22)20-8-4-17(15-24)5-9-20;1-16-4-8-18(9-5-16)22-13-21(23(29)27-12-2-3-19(25)15-27)26-28(22)20-10-6-17(14-24)7-11-20/h2-9,14,19H,10-13,25H2,1H3;4-11,13,19H,2-3,12,15,25H2,1H3/t;19-/m.0/s1. The van der Waals surface area contributed by atoms with E-state index in [9.17, 15) is 9.59 Å². The fraction of sp³-hybridized carbons (Fsp3) is 0.261. The van der Waals surface area contributed by atoms with Gasteiger partial charge in [0.1, 0.15) is 0 Å². The van der Waals surface area contributed by atoms with Crippen LogP contribution in [0.15, 0.2) is 109 Å². The summed E-state index contributed by atoms with van der Waals surface area (Å²) in [6.07, 6.45) is 3.48. The molecule has 1 atom stereocenters. The van der Waals surface area contributed by atoms with E-state index in [-0.39, 0.29) is 23.9 Å². The van der Waals surface area contributed by atoms with Gasteiger partial charge in [0.15, 0.2) is 11.4 Å². The third-order valence-electron chi connectivity index (χ3n) is 10.6. The second-order valence-electron chi connectivity index (χ2n) is 15.0. The van der Waals surface area contributed by atoms with Crippen LogP contribution in [-0.4, -0.2) is 79.4 Å². The SMILES string of the molecule is Cc1ccc(-c2cc(C(=O)N3CCC(N)CC3)nn2-c2ccc(C#N)cc2)cc1.Cc1ccc(-c2cc(C(=O)N3CCC[C@H](N)C3)nn2-c2ccc(C#N)cc2)cc1. The summed E-state index contributed by atoms with van der Waals surface area (Å²) < 4.78 is 3.54. The first-order valence-corrected chi connectivity index (χ1v) is 19.5. The molecule has 4 aromatic carbocycles. The number of carbonyl (C=O) groups excluding carboxylic acids is 2. The monoisotopic (exact) mass is 770 g/mol. The van der Waals surface area contributed by atoms with E-state index in [1.165, 1.54) is 5.56 Å². The molecule has 8 rings (SSSR count). The van der Waals surface area contributed by atoms with E-state index in [2.05, 4.69) is 22.3 Å². The Balaban J connectivity index is 0.000000177. The maximum atomic E-state index is 13.1. The van der Waals surface area contributed by atoms with Crippen LogP contribution in [0.3, 0.4) is 0 Å². The summed E-state index contributed by atoms with van der Waals surface area (Å²) in [5.74, 6) is -0.168. The number of amides is 2. The molecule has 2 fully saturated rings. The van der Waals surface area contributed by atoms with Crippen molar-refractivity contribution in [1.29, 1.82) is 10.5 Å². The molecule has 58 heavy (non-hydrogen) atoms. The molecule has 0 unspecified atom stereocenters. The molecule has 0 saturated carbocycles. The van der Waals surface area contributed by atoms with Crippen LogP contribution in [0, 0.1) is 36.5 Å². The quantitative estimate of drug-likeness (QED) is 0.191. The van der Waals surface area contributed by atoms with Crippen molar-refractivity contribution < 1.29 is 9.59 Å². The van der Waals surface area contributed by atoms with Crippen LogP contribution in [0.1, 0.15) is 68.9 Å². The highest BCUT2D eigenvalue weighted by Gasteiger charge is 2.27. The van der Waals surface area contributed by atoms with Crippen molar-refractivity contribution in [2.45, 2.75) is 51.6 Å². The Kier molecular flexibility index (Phi) is 11.9. The van der Waals surface area contributed by atoms with Crippen molar-refractivity contribution in [1.82, 2.24) is 29.4 Å². The number of aryl methyl sites for hydroxylation is 2. The maximum absolute atomic E-state index is 13.1. The van der Waals surface area contributed by atoms with Gasteiger partial charge in [0.25, 0.3) is 11.8 Å². The molecule has 0 bridgehead atoms. The molecular formula is C46H46N10O2. The second kappa shape index (κ2) is 17.5. The lowest BCUT2D eigenvalue weighted by Gasteiger charge is -2.30. The molecule has 0 aliphatic carbocycles. The van der Waals surface area contributed by atoms with Gasteiger partial charge < -0.3 is 21.3 Å². The van der Waals surface area contributed by atoms with Crippen LogP contribution in [0.5, 0.6) is 0 Å². The van der Waals surface area contributed by atoms with Crippen molar-refractivity contribution in [3.05, 3.63) is 143 Å². The average Bonchev–Trinajstić information content (AvgIpc) is 3.91. The zero-order chi connectivity index (χ0) is 40.8. The first-order valence-electron chi connectivity index (χ1n) is 19.5. The summed E-state index contributed by atoms with van der Waals surface area (Å²) in [7, 11) is 0. The Labute approximate surface area is 338 Å². The zero-order valence-corrected chi connectivity index (χ0v) is 32.8. The third-order valence-corrected chi connectivity index (χ3v) is 10.6. The first-order chi connectivity index (χ1) is 28.1. The predicted molar refractivity (Wildman–Crippen MR) is 223 cm³/mol. The Hall–Kier alpha value is -6.86. The number of likely N-dealkylation sites (tertiary alicyclic amines) is 2. The van der Waals surface area contributed by atoms with Crippen molar-refractivity contribution in [3.8, 4) is 46.0 Å². The molecule has 2 amide bonds. The molecule has 2 aliphatic rings. The van der Waals surface area contributed by atoms with Crippen molar-refractivity contribution in [2.24, 2.45) is 11.5 Å². The maximum Gasteiger partial charge on any atom is 0.274 e. The lowest BCUT2D eigenvalue weighted by atomic mass is 10.1. The van der Waals surface area contributed by atoms with E-state index in [0.717, 1.165) is 65.1 Å². The van der Waals surface area contributed by atoms with E-state index in [1.807, 2.05) is 104 Å². The summed E-state index contributed by atoms with van der Waals surface area (Å²) in [5.41, 5.74) is 21.6. The number of rotatable bonds is 6. The van der Waals surface area contributed by atoms with Gasteiger partial charge in [-0.15, -0.1) is 0 Å². The van der Waals surface area contributed by atoms with Crippen LogP contribution in [0.4, 0.5) is 0 Å². The topological polar surface area (TPSA) is 176 Å². The molecule has 12 nitrogen and oxygen atoms in total. The van der Waals surface area contributed by atoms with Gasteiger partial charge in [0, 0.05) is 49.4 Å². The molecule has 6 aromatic rings. The summed E-state index contributed by atoms with van der Waals surface area (Å²) in [5, 5.41) is 27.4. The number of nitrogens with two attached hydrogens (primary N) is 2. The van der Waals surface area contributed by atoms with E-state index in [4.69, 9.17) is 22.0 Å². The summed E-state index contributed by atoms with van der Waals surface area (Å²) in [6.45, 7) is 6.65. The van der Waals surface area contributed by atoms with Gasteiger partial charge in [-0.2, -0.15) is 20.7 Å². The van der Waals surface area contributed by atoms with Gasteiger partial charge in [0.2, 0.25) is 0 Å². The number of nitrogens with zero attached hydrogens (tertiary/aromatic N) is 8. The normalized spacial score (nSPS) is 15.5. The van der Waals surface area contributed by atoms with E-state index in [0.29, 0.717) is 48.7 Å². The average molecular weight is 771 g/mol. The van der Waals surface area contributed by atoms with Crippen molar-refractivity contribution >= 4 is 11.8 Å². The number of piperidine rings is 2. The van der Waals surface area contributed by atoms with Crippen molar-refractivity contribution in [3.63, 3.8) is 0 Å². The minimum absolute atomic E-state index is 0.0184. The van der Waals surface area contributed by atoms with Crippen LogP contribution in [0.25, 0.3) is 33.9 Å². The molecule has 0 radical (unpaired) electrons. The number of benzene rings is 4. The van der Waals surface area contributed by atoms with Crippen LogP contribution >= 0.6 is 0 Å². The lowest BCUT2D eigenvalue weighted by Crippen LogP contribution is -2.45. The van der Waals surface area contributed by atoms with Gasteiger partial charge in [-0.1, -0.05) is 59.7 Å². The number of nitriles is 2. The Morgan fingerprint density at radius 1 is 0.586 bits per heavy atom. The van der Waals surface area contributed by atoms with Gasteiger partial charge in [-0.05, 0) is 100 Å². The fourth-order valence-corrected chi connectivity index (χ4v) is 7.20. The van der Waals surface area contributed by atoms with Gasteiger partial charge >= 0.3 is 0 Å². The van der Waals surface area contributed by atoms with Gasteiger partial charge in [-0.3, -0.25) is 9.59 Å². The number of hydrogen-bond donors (Lipinski definition) is 2. The summed E-state index contributed by atoms with van der Waals surface area (Å²) >= 11 is 0. The largest absolute Gasteiger partial charge is 0.337 e. The zero-order valence-electron chi connectivity index (χ0n) is 32.8. The summed E-state index contributed by atoms with van der Waals surface area (Å²) in [6, 6.07) is 38.8. The van der Waals surface area contributed by atoms with Crippen LogP contribution < -0.4 is 11.5 Å². The molecular weight excluding hydrogens is 725 g/mol. The highest BCUT2D eigenvalue weighted by molar-refractivity contribution is 5.94. The Morgan fingerprint density at radius 2 is 1.02 bits per heavy atom. The molecule has 4 N–H and O–H groups in total. The number of aromatic nitrogens is 4. The van der Waals surface area contributed by atoms with E-state index >= 15 is 0 Å². The van der Waals surface area contributed by atoms with E-state index < -0.39 is 0 Å². The fourth-order valence-electron chi connectivity index (χ4n) is 7.20. The minimum Gasteiger partial charge on any atom is -0.337 e. The highest BCUT2D eigenvalue weighted by atomic mass is 16.2. The molecule has 4 heterocycles. The van der Waals surface area contributed by atoms with Crippen LogP contribution in [0.2, 0.25) is 0 Å². The van der Waals surface area contributed by atoms with Gasteiger partial charge in [0.05, 0.1) is 46.0 Å².